The Kier molecular flexibility index (Phi) is 5.07. The summed E-state index contributed by atoms with van der Waals surface area (Å²) in [6.45, 7) is 3.81. The molecule has 0 spiro atoms. The number of anilines is 2. The number of aryl methyl sites for hydroxylation is 1. The zero-order chi connectivity index (χ0) is 19.7. The van der Waals surface area contributed by atoms with E-state index in [0.29, 0.717) is 19.4 Å². The molecular formula is C20H23BrN6O. The summed E-state index contributed by atoms with van der Waals surface area (Å²) in [7, 11) is 0. The second kappa shape index (κ2) is 7.52. The first-order valence-electron chi connectivity index (χ1n) is 9.33. The van der Waals surface area contributed by atoms with Crippen molar-refractivity contribution in [1.29, 1.82) is 0 Å². The number of rotatable bonds is 4. The maximum absolute atomic E-state index is 13.0. The van der Waals surface area contributed by atoms with Crippen molar-refractivity contribution in [3.05, 3.63) is 46.8 Å². The van der Waals surface area contributed by atoms with Gasteiger partial charge in [-0.2, -0.15) is 0 Å². The van der Waals surface area contributed by atoms with Gasteiger partial charge in [0.05, 0.1) is 10.8 Å². The van der Waals surface area contributed by atoms with Gasteiger partial charge < -0.3 is 20.9 Å². The lowest BCUT2D eigenvalue weighted by atomic mass is 9.77. The Balaban J connectivity index is 1.52. The van der Waals surface area contributed by atoms with Gasteiger partial charge in [-0.25, -0.2) is 9.97 Å². The van der Waals surface area contributed by atoms with Crippen LogP contribution < -0.4 is 16.0 Å². The molecule has 3 heterocycles. The van der Waals surface area contributed by atoms with Gasteiger partial charge in [-0.15, -0.1) is 0 Å². The number of hydrogen-bond donors (Lipinski definition) is 3. The van der Waals surface area contributed by atoms with Gasteiger partial charge in [0.1, 0.15) is 17.8 Å². The molecular weight excluding hydrogens is 420 g/mol. The Morgan fingerprint density at radius 2 is 2.14 bits per heavy atom. The Labute approximate surface area is 171 Å². The van der Waals surface area contributed by atoms with Crippen molar-refractivity contribution in [3.8, 4) is 0 Å². The molecule has 1 aliphatic heterocycles. The van der Waals surface area contributed by atoms with E-state index in [1.54, 1.807) is 6.33 Å². The molecule has 0 atom stereocenters. The van der Waals surface area contributed by atoms with Crippen LogP contribution in [0.2, 0.25) is 0 Å². The van der Waals surface area contributed by atoms with Crippen LogP contribution in [0, 0.1) is 12.3 Å². The monoisotopic (exact) mass is 442 g/mol. The molecule has 1 aliphatic rings. The zero-order valence-electron chi connectivity index (χ0n) is 15.7. The molecule has 4 rings (SSSR count). The molecule has 1 aromatic carbocycles. The molecule has 3 aromatic rings. The largest absolute Gasteiger partial charge is 0.356 e. The number of nitrogens with one attached hydrogen (secondary N) is 2. The molecule has 1 saturated heterocycles. The summed E-state index contributed by atoms with van der Waals surface area (Å²) < 4.78 is 0.927. The van der Waals surface area contributed by atoms with Crippen molar-refractivity contribution in [3.63, 3.8) is 0 Å². The van der Waals surface area contributed by atoms with E-state index in [9.17, 15) is 4.79 Å². The summed E-state index contributed by atoms with van der Waals surface area (Å²) >= 11 is 3.44. The number of hydrogen-bond acceptors (Lipinski definition) is 5. The summed E-state index contributed by atoms with van der Waals surface area (Å²) in [4.78, 5) is 27.3. The van der Waals surface area contributed by atoms with Crippen LogP contribution in [0.5, 0.6) is 0 Å². The minimum atomic E-state index is -0.571. The van der Waals surface area contributed by atoms with Gasteiger partial charge in [-0.05, 0) is 43.5 Å². The van der Waals surface area contributed by atoms with E-state index in [4.69, 9.17) is 5.73 Å². The van der Waals surface area contributed by atoms with Gasteiger partial charge in [0.2, 0.25) is 5.91 Å². The lowest BCUT2D eigenvalue weighted by Crippen LogP contribution is -2.50. The molecule has 7 nitrogen and oxygen atoms in total. The molecule has 2 aromatic heterocycles. The molecule has 0 unspecified atom stereocenters. The van der Waals surface area contributed by atoms with E-state index in [0.717, 1.165) is 45.7 Å². The van der Waals surface area contributed by atoms with Crippen LogP contribution in [0.4, 0.5) is 11.5 Å². The summed E-state index contributed by atoms with van der Waals surface area (Å²) in [6.07, 6.45) is 4.89. The van der Waals surface area contributed by atoms with Crippen LogP contribution in [0.3, 0.4) is 0 Å². The highest BCUT2D eigenvalue weighted by molar-refractivity contribution is 9.10. The molecule has 8 heteroatoms. The number of amides is 1. The van der Waals surface area contributed by atoms with Gasteiger partial charge in [0.15, 0.2) is 0 Å². The number of aromatic nitrogens is 3. The predicted octanol–water partition coefficient (Wildman–Crippen LogP) is 3.21. The lowest BCUT2D eigenvalue weighted by molar-refractivity contribution is -0.126. The number of piperidine rings is 1. The number of halogens is 1. The molecule has 0 aliphatic carbocycles. The second-order valence-electron chi connectivity index (χ2n) is 7.33. The number of nitrogens with zero attached hydrogens (tertiary/aromatic N) is 3. The maximum Gasteiger partial charge on any atom is 0.232 e. The van der Waals surface area contributed by atoms with Crippen molar-refractivity contribution in [2.45, 2.75) is 19.8 Å². The minimum Gasteiger partial charge on any atom is -0.356 e. The number of fused-ring (bicyclic) bond motifs is 1. The summed E-state index contributed by atoms with van der Waals surface area (Å²) in [5, 5.41) is 4.08. The van der Waals surface area contributed by atoms with Crippen LogP contribution in [0.15, 0.2) is 41.3 Å². The smallest absolute Gasteiger partial charge is 0.232 e. The Morgan fingerprint density at radius 1 is 1.36 bits per heavy atom. The van der Waals surface area contributed by atoms with Crippen molar-refractivity contribution in [2.24, 2.45) is 11.1 Å². The Morgan fingerprint density at radius 3 is 2.86 bits per heavy atom. The highest BCUT2D eigenvalue weighted by atomic mass is 79.9. The van der Waals surface area contributed by atoms with Gasteiger partial charge in [-0.1, -0.05) is 22.0 Å². The molecule has 0 radical (unpaired) electrons. The van der Waals surface area contributed by atoms with Crippen molar-refractivity contribution < 1.29 is 4.79 Å². The van der Waals surface area contributed by atoms with E-state index >= 15 is 0 Å². The fourth-order valence-corrected chi connectivity index (χ4v) is 4.24. The molecule has 28 heavy (non-hydrogen) atoms. The van der Waals surface area contributed by atoms with E-state index in [1.807, 2.05) is 37.4 Å². The first kappa shape index (κ1) is 18.9. The predicted molar refractivity (Wildman–Crippen MR) is 114 cm³/mol. The average molecular weight is 443 g/mol. The number of benzene rings is 1. The number of nitrogens with two attached hydrogens (primary N) is 1. The lowest BCUT2D eigenvalue weighted by Gasteiger charge is -2.40. The van der Waals surface area contributed by atoms with Crippen LogP contribution in [0.25, 0.3) is 11.0 Å². The van der Waals surface area contributed by atoms with Gasteiger partial charge in [0, 0.05) is 36.0 Å². The van der Waals surface area contributed by atoms with Gasteiger partial charge in [0.25, 0.3) is 0 Å². The fourth-order valence-electron chi connectivity index (χ4n) is 3.84. The summed E-state index contributed by atoms with van der Waals surface area (Å²) in [6, 6.07) is 7.60. The third-order valence-electron chi connectivity index (χ3n) is 5.62. The molecule has 1 amide bonds. The van der Waals surface area contributed by atoms with Crippen molar-refractivity contribution in [2.75, 3.05) is 29.9 Å². The number of H-pyrrole nitrogens is 1. The molecule has 146 valence electrons. The van der Waals surface area contributed by atoms with Crippen LogP contribution in [-0.4, -0.2) is 40.5 Å². The second-order valence-corrected chi connectivity index (χ2v) is 8.24. The normalized spacial score (nSPS) is 16.3. The zero-order valence-corrected chi connectivity index (χ0v) is 17.3. The summed E-state index contributed by atoms with van der Waals surface area (Å²) in [5.41, 5.74) is 8.25. The van der Waals surface area contributed by atoms with Crippen LogP contribution >= 0.6 is 15.9 Å². The van der Waals surface area contributed by atoms with Gasteiger partial charge in [-0.3, -0.25) is 4.79 Å². The summed E-state index contributed by atoms with van der Waals surface area (Å²) in [5.74, 6) is 0.903. The van der Waals surface area contributed by atoms with Crippen molar-refractivity contribution in [1.82, 2.24) is 15.0 Å². The fraction of sp³-hybridized carbons (Fsp3) is 0.350. The first-order valence-corrected chi connectivity index (χ1v) is 10.1. The molecule has 4 N–H and O–H groups in total. The minimum absolute atomic E-state index is 0.0154. The highest BCUT2D eigenvalue weighted by Crippen LogP contribution is 2.36. The number of carbonyl (C=O) groups is 1. The van der Waals surface area contributed by atoms with Crippen LogP contribution in [-0.2, 0) is 4.79 Å². The van der Waals surface area contributed by atoms with Crippen LogP contribution in [0.1, 0.15) is 18.4 Å². The number of aromatic amines is 1. The Bertz CT molecular complexity index is 1010. The average Bonchev–Trinajstić information content (AvgIpc) is 3.09. The van der Waals surface area contributed by atoms with E-state index in [1.165, 1.54) is 0 Å². The third kappa shape index (κ3) is 3.38. The molecule has 0 saturated carbocycles. The first-order chi connectivity index (χ1) is 13.5. The molecule has 0 bridgehead atoms. The van der Waals surface area contributed by atoms with Gasteiger partial charge >= 0.3 is 0 Å². The third-order valence-corrected chi connectivity index (χ3v) is 6.12. The standard InChI is InChI=1S/C20H23BrN6O/c1-13-10-23-17-16(13)18(25-12-24-17)27-7-5-20(11-22,6-8-27)19(28)26-15-4-2-3-14(21)9-15/h2-4,9-10,12H,5-8,11,22H2,1H3,(H,26,28)(H,23,24,25). The quantitative estimate of drug-likeness (QED) is 0.575. The maximum atomic E-state index is 13.0. The SMILES string of the molecule is Cc1c[nH]c2ncnc(N3CCC(CN)(C(=O)Nc4cccc(Br)c4)CC3)c12. The highest BCUT2D eigenvalue weighted by Gasteiger charge is 2.41. The van der Waals surface area contributed by atoms with Crippen molar-refractivity contribution >= 4 is 44.4 Å². The van der Waals surface area contributed by atoms with E-state index in [-0.39, 0.29) is 5.91 Å². The Hall–Kier alpha value is -2.45. The topological polar surface area (TPSA) is 99.9 Å². The van der Waals surface area contributed by atoms with E-state index in [2.05, 4.69) is 41.1 Å². The number of carbonyl (C=O) groups excluding carboxylic acids is 1. The molecule has 1 fully saturated rings. The van der Waals surface area contributed by atoms with E-state index < -0.39 is 5.41 Å².